The van der Waals surface area contributed by atoms with E-state index >= 15 is 0 Å². The SMILES string of the molecule is CN(Cc1ccc(C(N)=O)cc1)CC(C)(C)O. The Morgan fingerprint density at radius 2 is 1.88 bits per heavy atom. The number of nitrogens with zero attached hydrogens (tertiary/aromatic N) is 1. The summed E-state index contributed by atoms with van der Waals surface area (Å²) < 4.78 is 0. The van der Waals surface area contributed by atoms with Crippen molar-refractivity contribution in [3.8, 4) is 0 Å². The summed E-state index contributed by atoms with van der Waals surface area (Å²) in [6.07, 6.45) is 0. The lowest BCUT2D eigenvalue weighted by molar-refractivity contribution is 0.0425. The van der Waals surface area contributed by atoms with Gasteiger partial charge in [-0.1, -0.05) is 12.1 Å². The first-order valence-corrected chi connectivity index (χ1v) is 5.57. The first kappa shape index (κ1) is 13.7. The molecule has 0 fully saturated rings. The number of hydrogen-bond donors (Lipinski definition) is 2. The van der Waals surface area contributed by atoms with Gasteiger partial charge in [0.2, 0.25) is 5.91 Å². The van der Waals surface area contributed by atoms with E-state index in [1.165, 1.54) is 0 Å². The topological polar surface area (TPSA) is 66.6 Å². The Bertz CT molecular complexity index is 379. The van der Waals surface area contributed by atoms with Crippen LogP contribution in [0.3, 0.4) is 0 Å². The van der Waals surface area contributed by atoms with E-state index in [4.69, 9.17) is 5.73 Å². The van der Waals surface area contributed by atoms with Crippen molar-refractivity contribution in [1.82, 2.24) is 4.90 Å². The molecule has 0 atom stereocenters. The number of carbonyl (C=O) groups is 1. The minimum absolute atomic E-state index is 0.415. The number of carbonyl (C=O) groups excluding carboxylic acids is 1. The maximum atomic E-state index is 10.9. The second-order valence-electron chi connectivity index (χ2n) is 5.05. The van der Waals surface area contributed by atoms with Crippen LogP contribution in [-0.4, -0.2) is 35.1 Å². The van der Waals surface area contributed by atoms with Gasteiger partial charge in [0.15, 0.2) is 0 Å². The molecule has 0 aliphatic carbocycles. The van der Waals surface area contributed by atoms with Crippen LogP contribution < -0.4 is 5.73 Å². The van der Waals surface area contributed by atoms with E-state index in [0.717, 1.165) is 12.1 Å². The zero-order valence-electron chi connectivity index (χ0n) is 10.6. The molecule has 0 aliphatic heterocycles. The second kappa shape index (κ2) is 5.29. The Hall–Kier alpha value is -1.39. The second-order valence-corrected chi connectivity index (χ2v) is 5.05. The summed E-state index contributed by atoms with van der Waals surface area (Å²) in [6.45, 7) is 4.87. The summed E-state index contributed by atoms with van der Waals surface area (Å²) in [5, 5.41) is 9.68. The first-order valence-electron chi connectivity index (χ1n) is 5.57. The molecule has 0 aromatic heterocycles. The smallest absolute Gasteiger partial charge is 0.248 e. The lowest BCUT2D eigenvalue weighted by Gasteiger charge is -2.25. The molecule has 0 saturated carbocycles. The molecule has 0 radical (unpaired) electrons. The van der Waals surface area contributed by atoms with E-state index in [0.29, 0.717) is 12.1 Å². The molecule has 4 heteroatoms. The van der Waals surface area contributed by atoms with E-state index < -0.39 is 11.5 Å². The summed E-state index contributed by atoms with van der Waals surface area (Å²) >= 11 is 0. The lowest BCUT2D eigenvalue weighted by atomic mass is 10.1. The largest absolute Gasteiger partial charge is 0.389 e. The van der Waals surface area contributed by atoms with Crippen molar-refractivity contribution in [2.75, 3.05) is 13.6 Å². The van der Waals surface area contributed by atoms with Crippen LogP contribution in [0.1, 0.15) is 29.8 Å². The van der Waals surface area contributed by atoms with Crippen LogP contribution in [-0.2, 0) is 6.54 Å². The van der Waals surface area contributed by atoms with E-state index in [1.807, 2.05) is 24.1 Å². The van der Waals surface area contributed by atoms with Gasteiger partial charge in [-0.2, -0.15) is 0 Å². The molecule has 0 heterocycles. The van der Waals surface area contributed by atoms with Crippen molar-refractivity contribution in [3.05, 3.63) is 35.4 Å². The zero-order valence-corrected chi connectivity index (χ0v) is 10.6. The molecule has 1 aromatic rings. The molecule has 0 spiro atoms. The molecular weight excluding hydrogens is 216 g/mol. The molecule has 17 heavy (non-hydrogen) atoms. The molecule has 1 amide bonds. The fourth-order valence-corrected chi connectivity index (χ4v) is 1.80. The van der Waals surface area contributed by atoms with Gasteiger partial charge in [0.25, 0.3) is 0 Å². The molecule has 0 unspecified atom stereocenters. The van der Waals surface area contributed by atoms with E-state index in [-0.39, 0.29) is 0 Å². The number of hydrogen-bond acceptors (Lipinski definition) is 3. The number of rotatable bonds is 5. The summed E-state index contributed by atoms with van der Waals surface area (Å²) in [5.74, 6) is -0.415. The van der Waals surface area contributed by atoms with Gasteiger partial charge in [-0.05, 0) is 38.6 Å². The Morgan fingerprint density at radius 1 is 1.35 bits per heavy atom. The molecule has 0 aliphatic rings. The van der Waals surface area contributed by atoms with Crippen LogP contribution in [0.5, 0.6) is 0 Å². The highest BCUT2D eigenvalue weighted by molar-refractivity contribution is 5.92. The van der Waals surface area contributed by atoms with E-state index in [1.54, 1.807) is 26.0 Å². The van der Waals surface area contributed by atoms with Crippen LogP contribution in [0.15, 0.2) is 24.3 Å². The molecular formula is C13H20N2O2. The van der Waals surface area contributed by atoms with Crippen LogP contribution >= 0.6 is 0 Å². The summed E-state index contributed by atoms with van der Waals surface area (Å²) in [6, 6.07) is 7.19. The number of aliphatic hydroxyl groups is 1. The number of amides is 1. The maximum absolute atomic E-state index is 10.9. The maximum Gasteiger partial charge on any atom is 0.248 e. The average Bonchev–Trinajstić information content (AvgIpc) is 2.15. The lowest BCUT2D eigenvalue weighted by Crippen LogP contribution is -2.35. The third-order valence-electron chi connectivity index (χ3n) is 2.35. The van der Waals surface area contributed by atoms with Gasteiger partial charge in [0.05, 0.1) is 5.60 Å². The van der Waals surface area contributed by atoms with Crippen LogP contribution in [0.25, 0.3) is 0 Å². The van der Waals surface area contributed by atoms with Gasteiger partial charge >= 0.3 is 0 Å². The van der Waals surface area contributed by atoms with Gasteiger partial charge in [0, 0.05) is 18.7 Å². The van der Waals surface area contributed by atoms with Crippen molar-refractivity contribution >= 4 is 5.91 Å². The van der Waals surface area contributed by atoms with Gasteiger partial charge in [-0.15, -0.1) is 0 Å². The summed E-state index contributed by atoms with van der Waals surface area (Å²) in [5.41, 5.74) is 6.06. The number of benzene rings is 1. The highest BCUT2D eigenvalue weighted by atomic mass is 16.3. The number of nitrogens with two attached hydrogens (primary N) is 1. The first-order chi connectivity index (χ1) is 7.78. The van der Waals surface area contributed by atoms with Crippen LogP contribution in [0.2, 0.25) is 0 Å². The molecule has 3 N–H and O–H groups in total. The normalized spacial score (nSPS) is 11.8. The average molecular weight is 236 g/mol. The van der Waals surface area contributed by atoms with Gasteiger partial charge in [-0.3, -0.25) is 9.69 Å². The highest BCUT2D eigenvalue weighted by Gasteiger charge is 2.15. The molecule has 94 valence electrons. The minimum atomic E-state index is -0.706. The Morgan fingerprint density at radius 3 is 2.29 bits per heavy atom. The fourth-order valence-electron chi connectivity index (χ4n) is 1.80. The third-order valence-corrected chi connectivity index (χ3v) is 2.35. The van der Waals surface area contributed by atoms with E-state index in [9.17, 15) is 9.90 Å². The predicted molar refractivity (Wildman–Crippen MR) is 67.6 cm³/mol. The van der Waals surface area contributed by atoms with Crippen molar-refractivity contribution in [2.45, 2.75) is 26.0 Å². The van der Waals surface area contributed by atoms with Crippen molar-refractivity contribution in [2.24, 2.45) is 5.73 Å². The van der Waals surface area contributed by atoms with Crippen LogP contribution in [0, 0.1) is 0 Å². The summed E-state index contributed by atoms with van der Waals surface area (Å²) in [7, 11) is 1.94. The highest BCUT2D eigenvalue weighted by Crippen LogP contribution is 2.09. The molecule has 4 nitrogen and oxygen atoms in total. The molecule has 0 bridgehead atoms. The third kappa shape index (κ3) is 4.97. The summed E-state index contributed by atoms with van der Waals surface area (Å²) in [4.78, 5) is 12.9. The zero-order chi connectivity index (χ0) is 13.1. The predicted octanol–water partition coefficient (Wildman–Crippen LogP) is 0.988. The monoisotopic (exact) mass is 236 g/mol. The minimum Gasteiger partial charge on any atom is -0.389 e. The van der Waals surface area contributed by atoms with Crippen LogP contribution in [0.4, 0.5) is 0 Å². The van der Waals surface area contributed by atoms with Gasteiger partial charge in [0.1, 0.15) is 0 Å². The molecule has 0 saturated heterocycles. The number of primary amides is 1. The Kier molecular flexibility index (Phi) is 4.26. The quantitative estimate of drug-likeness (QED) is 0.801. The van der Waals surface area contributed by atoms with Crippen molar-refractivity contribution in [3.63, 3.8) is 0 Å². The Balaban J connectivity index is 2.60. The molecule has 1 rings (SSSR count). The van der Waals surface area contributed by atoms with Gasteiger partial charge < -0.3 is 10.8 Å². The van der Waals surface area contributed by atoms with Crippen molar-refractivity contribution < 1.29 is 9.90 Å². The van der Waals surface area contributed by atoms with E-state index in [2.05, 4.69) is 0 Å². The number of likely N-dealkylation sites (N-methyl/N-ethyl adjacent to an activating group) is 1. The van der Waals surface area contributed by atoms with Crippen molar-refractivity contribution in [1.29, 1.82) is 0 Å². The fraction of sp³-hybridized carbons (Fsp3) is 0.462. The Labute approximate surface area is 102 Å². The van der Waals surface area contributed by atoms with Gasteiger partial charge in [-0.25, -0.2) is 0 Å². The standard InChI is InChI=1S/C13H20N2O2/c1-13(2,17)9-15(3)8-10-4-6-11(7-5-10)12(14)16/h4-7,17H,8-9H2,1-3H3,(H2,14,16). The molecule has 1 aromatic carbocycles.